The Labute approximate surface area is 158 Å². The van der Waals surface area contributed by atoms with E-state index in [1.165, 1.54) is 32.1 Å². The molecule has 5 nitrogen and oxygen atoms in total. The highest BCUT2D eigenvalue weighted by Gasteiger charge is 2.31. The zero-order valence-corrected chi connectivity index (χ0v) is 16.7. The van der Waals surface area contributed by atoms with Crippen LogP contribution in [0.4, 0.5) is 0 Å². The van der Waals surface area contributed by atoms with E-state index < -0.39 is 10.0 Å². The van der Waals surface area contributed by atoms with Crippen LogP contribution in [0.15, 0.2) is 29.2 Å². The SMILES string of the molecule is CCCCOc1ccc(S(=O)(=O)N2CCN(C3CCCCC3)CC2)cc1. The quantitative estimate of drug-likeness (QED) is 0.679. The molecule has 1 aliphatic heterocycles. The number of nitrogens with zero attached hydrogens (tertiary/aromatic N) is 2. The van der Waals surface area contributed by atoms with Crippen LogP contribution in [0.2, 0.25) is 0 Å². The van der Waals surface area contributed by atoms with Crippen molar-refractivity contribution < 1.29 is 13.2 Å². The highest BCUT2D eigenvalue weighted by Crippen LogP contribution is 2.25. The Morgan fingerprint density at radius 3 is 2.27 bits per heavy atom. The number of ether oxygens (including phenoxy) is 1. The Kier molecular flexibility index (Phi) is 6.95. The standard InChI is InChI=1S/C20H32N2O3S/c1-2-3-17-25-19-9-11-20(12-10-19)26(23,24)22-15-13-21(14-16-22)18-7-5-4-6-8-18/h9-12,18H,2-8,13-17H2,1H3. The Morgan fingerprint density at radius 2 is 1.65 bits per heavy atom. The van der Waals surface area contributed by atoms with E-state index >= 15 is 0 Å². The molecule has 2 fully saturated rings. The van der Waals surface area contributed by atoms with E-state index in [1.54, 1.807) is 28.6 Å². The van der Waals surface area contributed by atoms with E-state index in [0.717, 1.165) is 31.7 Å². The fourth-order valence-corrected chi connectivity index (χ4v) is 5.37. The Morgan fingerprint density at radius 1 is 1.00 bits per heavy atom. The molecule has 3 rings (SSSR count). The van der Waals surface area contributed by atoms with Crippen LogP contribution in [0.25, 0.3) is 0 Å². The third-order valence-corrected chi connectivity index (χ3v) is 7.51. The Bertz CT molecular complexity index is 646. The first-order chi connectivity index (χ1) is 12.6. The van der Waals surface area contributed by atoms with Crippen molar-refractivity contribution in [2.45, 2.75) is 62.8 Å². The maximum absolute atomic E-state index is 12.9. The molecule has 0 atom stereocenters. The molecule has 1 heterocycles. The van der Waals surface area contributed by atoms with Gasteiger partial charge in [0.15, 0.2) is 0 Å². The summed E-state index contributed by atoms with van der Waals surface area (Å²) in [7, 11) is -3.41. The molecule has 1 aromatic rings. The predicted octanol–water partition coefficient (Wildman–Crippen LogP) is 3.50. The molecule has 1 aromatic carbocycles. The summed E-state index contributed by atoms with van der Waals surface area (Å²) >= 11 is 0. The third-order valence-electron chi connectivity index (χ3n) is 5.59. The zero-order chi connectivity index (χ0) is 18.4. The average Bonchev–Trinajstić information content (AvgIpc) is 2.69. The van der Waals surface area contributed by atoms with Crippen molar-refractivity contribution in [2.24, 2.45) is 0 Å². The first kappa shape index (κ1) is 19.6. The van der Waals surface area contributed by atoms with Gasteiger partial charge in [-0.05, 0) is 43.5 Å². The molecule has 1 saturated heterocycles. The zero-order valence-electron chi connectivity index (χ0n) is 15.9. The van der Waals surface area contributed by atoms with Crippen molar-refractivity contribution in [1.82, 2.24) is 9.21 Å². The molecule has 0 radical (unpaired) electrons. The minimum absolute atomic E-state index is 0.367. The number of hydrogen-bond donors (Lipinski definition) is 0. The van der Waals surface area contributed by atoms with Crippen molar-refractivity contribution >= 4 is 10.0 Å². The molecule has 1 saturated carbocycles. The summed E-state index contributed by atoms with van der Waals surface area (Å²) < 4.78 is 33.1. The molecule has 6 heteroatoms. The maximum atomic E-state index is 12.9. The van der Waals surface area contributed by atoms with Crippen LogP contribution >= 0.6 is 0 Å². The van der Waals surface area contributed by atoms with Crippen LogP contribution in [0.1, 0.15) is 51.9 Å². The average molecular weight is 381 g/mol. The third kappa shape index (κ3) is 4.78. The maximum Gasteiger partial charge on any atom is 0.243 e. The molecular formula is C20H32N2O3S. The number of rotatable bonds is 7. The summed E-state index contributed by atoms with van der Waals surface area (Å²) in [6.45, 7) is 5.67. The van der Waals surface area contributed by atoms with Crippen LogP contribution in [-0.4, -0.2) is 56.5 Å². The molecule has 0 unspecified atom stereocenters. The number of unbranched alkanes of at least 4 members (excludes halogenated alkanes) is 1. The lowest BCUT2D eigenvalue weighted by Crippen LogP contribution is -2.52. The highest BCUT2D eigenvalue weighted by molar-refractivity contribution is 7.89. The largest absolute Gasteiger partial charge is 0.494 e. The van der Waals surface area contributed by atoms with Crippen LogP contribution < -0.4 is 4.74 Å². The van der Waals surface area contributed by atoms with E-state index in [2.05, 4.69) is 11.8 Å². The normalized spacial score (nSPS) is 21.0. The summed E-state index contributed by atoms with van der Waals surface area (Å²) in [5, 5.41) is 0. The molecular weight excluding hydrogens is 348 g/mol. The molecule has 0 amide bonds. The van der Waals surface area contributed by atoms with Gasteiger partial charge >= 0.3 is 0 Å². The van der Waals surface area contributed by atoms with Crippen LogP contribution in [0.3, 0.4) is 0 Å². The van der Waals surface area contributed by atoms with Gasteiger partial charge in [-0.3, -0.25) is 4.90 Å². The second-order valence-electron chi connectivity index (χ2n) is 7.41. The van der Waals surface area contributed by atoms with Crippen LogP contribution in [0, 0.1) is 0 Å². The van der Waals surface area contributed by atoms with E-state index in [0.29, 0.717) is 30.6 Å². The molecule has 0 N–H and O–H groups in total. The van der Waals surface area contributed by atoms with Gasteiger partial charge in [0.25, 0.3) is 0 Å². The van der Waals surface area contributed by atoms with Gasteiger partial charge < -0.3 is 4.74 Å². The minimum atomic E-state index is -3.41. The first-order valence-corrected chi connectivity index (χ1v) is 11.5. The molecule has 1 aliphatic carbocycles. The van der Waals surface area contributed by atoms with Crippen molar-refractivity contribution in [3.8, 4) is 5.75 Å². The molecule has 146 valence electrons. The summed E-state index contributed by atoms with van der Waals surface area (Å²) in [5.74, 6) is 0.736. The van der Waals surface area contributed by atoms with E-state index in [1.807, 2.05) is 0 Å². The number of piperazine rings is 1. The van der Waals surface area contributed by atoms with Gasteiger partial charge in [0.2, 0.25) is 10.0 Å². The highest BCUT2D eigenvalue weighted by atomic mass is 32.2. The first-order valence-electron chi connectivity index (χ1n) is 10.1. The number of hydrogen-bond acceptors (Lipinski definition) is 4. The summed E-state index contributed by atoms with van der Waals surface area (Å²) in [6.07, 6.45) is 8.61. The Hall–Kier alpha value is -1.11. The van der Waals surface area contributed by atoms with E-state index in [-0.39, 0.29) is 0 Å². The van der Waals surface area contributed by atoms with Gasteiger partial charge in [-0.2, -0.15) is 4.31 Å². The van der Waals surface area contributed by atoms with Gasteiger partial charge in [-0.1, -0.05) is 32.6 Å². The summed E-state index contributed by atoms with van der Waals surface area (Å²) in [4.78, 5) is 2.86. The van der Waals surface area contributed by atoms with E-state index in [4.69, 9.17) is 4.74 Å². The topological polar surface area (TPSA) is 49.9 Å². The van der Waals surface area contributed by atoms with Crippen molar-refractivity contribution in [2.75, 3.05) is 32.8 Å². The lowest BCUT2D eigenvalue weighted by molar-refractivity contribution is 0.111. The molecule has 0 bridgehead atoms. The predicted molar refractivity (Wildman–Crippen MR) is 104 cm³/mol. The van der Waals surface area contributed by atoms with Gasteiger partial charge in [-0.15, -0.1) is 0 Å². The van der Waals surface area contributed by atoms with Crippen LogP contribution in [0.5, 0.6) is 5.75 Å². The second-order valence-corrected chi connectivity index (χ2v) is 9.34. The number of sulfonamides is 1. The van der Waals surface area contributed by atoms with Crippen molar-refractivity contribution in [1.29, 1.82) is 0 Å². The summed E-state index contributed by atoms with van der Waals surface area (Å²) in [6, 6.07) is 7.53. The van der Waals surface area contributed by atoms with Crippen molar-refractivity contribution in [3.05, 3.63) is 24.3 Å². The summed E-state index contributed by atoms with van der Waals surface area (Å²) in [5.41, 5.74) is 0. The molecule has 2 aliphatic rings. The molecule has 0 aromatic heterocycles. The fourth-order valence-electron chi connectivity index (χ4n) is 3.95. The van der Waals surface area contributed by atoms with Crippen molar-refractivity contribution in [3.63, 3.8) is 0 Å². The fraction of sp³-hybridized carbons (Fsp3) is 0.700. The smallest absolute Gasteiger partial charge is 0.243 e. The monoisotopic (exact) mass is 380 g/mol. The lowest BCUT2D eigenvalue weighted by Gasteiger charge is -2.40. The van der Waals surface area contributed by atoms with Gasteiger partial charge in [-0.25, -0.2) is 8.42 Å². The van der Waals surface area contributed by atoms with Gasteiger partial charge in [0.1, 0.15) is 5.75 Å². The van der Waals surface area contributed by atoms with Gasteiger partial charge in [0, 0.05) is 32.2 Å². The molecule has 26 heavy (non-hydrogen) atoms. The second kappa shape index (κ2) is 9.20. The Balaban J connectivity index is 1.56. The van der Waals surface area contributed by atoms with Crippen LogP contribution in [-0.2, 0) is 10.0 Å². The van der Waals surface area contributed by atoms with E-state index in [9.17, 15) is 8.42 Å². The lowest BCUT2D eigenvalue weighted by atomic mass is 9.94. The molecule has 0 spiro atoms. The number of benzene rings is 1. The minimum Gasteiger partial charge on any atom is -0.494 e. The van der Waals surface area contributed by atoms with Gasteiger partial charge in [0.05, 0.1) is 11.5 Å².